The van der Waals surface area contributed by atoms with Gasteiger partial charge in [-0.3, -0.25) is 23.7 Å². The number of benzene rings is 1. The van der Waals surface area contributed by atoms with Gasteiger partial charge in [0.1, 0.15) is 30.6 Å². The van der Waals surface area contributed by atoms with Gasteiger partial charge >= 0.3 is 13.7 Å². The molecule has 1 aromatic carbocycles. The van der Waals surface area contributed by atoms with Crippen molar-refractivity contribution in [2.24, 2.45) is 0 Å². The average molecular weight is 570 g/mol. The van der Waals surface area contributed by atoms with Crippen LogP contribution in [0.5, 0.6) is 5.75 Å². The summed E-state index contributed by atoms with van der Waals surface area (Å²) in [4.78, 5) is 34.4. The predicted molar refractivity (Wildman–Crippen MR) is 133 cm³/mol. The highest BCUT2D eigenvalue weighted by atomic mass is 31.2. The number of halogens is 1. The zero-order chi connectivity index (χ0) is 28.5. The van der Waals surface area contributed by atoms with Crippen LogP contribution in [-0.4, -0.2) is 72.5 Å². The molecule has 3 unspecified atom stereocenters. The van der Waals surface area contributed by atoms with Crippen LogP contribution in [0.15, 0.2) is 41.5 Å². The Morgan fingerprint density at radius 1 is 1.33 bits per heavy atom. The van der Waals surface area contributed by atoms with Crippen LogP contribution in [0.1, 0.15) is 27.0 Å². The molecule has 3 heterocycles. The number of nitrogen functional groups attached to an aromatic ring is 1. The lowest BCUT2D eigenvalue weighted by Gasteiger charge is -2.27. The largest absolute Gasteiger partial charge is 0.462 e. The number of anilines is 1. The number of hydrogen-bond acceptors (Lipinski definition) is 12. The molecule has 0 amide bonds. The van der Waals surface area contributed by atoms with Crippen molar-refractivity contribution < 1.29 is 42.5 Å². The number of aliphatic hydroxyl groups is 2. The smallest absolute Gasteiger partial charge is 0.459 e. The van der Waals surface area contributed by atoms with Crippen molar-refractivity contribution in [3.05, 3.63) is 47.0 Å². The summed E-state index contributed by atoms with van der Waals surface area (Å²) in [5, 5.41) is 23.5. The molecule has 6 atom stereocenters. The number of rotatable bonds is 10. The molecule has 1 aliphatic rings. The van der Waals surface area contributed by atoms with Gasteiger partial charge in [-0.05, 0) is 32.9 Å². The minimum atomic E-state index is -4.53. The van der Waals surface area contributed by atoms with Gasteiger partial charge in [-0.1, -0.05) is 18.2 Å². The molecule has 0 aliphatic carbocycles. The van der Waals surface area contributed by atoms with Crippen LogP contribution in [0, 0.1) is 0 Å². The molecular formula is C22H28FN6O9P. The first-order chi connectivity index (χ1) is 18.3. The number of carbonyl (C=O) groups excluding carboxylic acids is 1. The summed E-state index contributed by atoms with van der Waals surface area (Å²) in [6, 6.07) is 6.53. The van der Waals surface area contributed by atoms with Crippen LogP contribution in [0.2, 0.25) is 0 Å². The number of esters is 1. The Morgan fingerprint density at radius 2 is 2.03 bits per heavy atom. The fourth-order valence-corrected chi connectivity index (χ4v) is 5.23. The van der Waals surface area contributed by atoms with E-state index in [-0.39, 0.29) is 22.9 Å². The van der Waals surface area contributed by atoms with Gasteiger partial charge in [-0.25, -0.2) is 13.9 Å². The summed E-state index contributed by atoms with van der Waals surface area (Å²) in [6.45, 7) is 3.37. The second kappa shape index (κ2) is 11.0. The molecule has 0 radical (unpaired) electrons. The van der Waals surface area contributed by atoms with E-state index in [2.05, 4.69) is 20.0 Å². The maximum absolute atomic E-state index is 15.9. The number of aromatic amines is 1. The molecule has 17 heteroatoms. The molecule has 0 bridgehead atoms. The van der Waals surface area contributed by atoms with Gasteiger partial charge in [0.15, 0.2) is 17.4 Å². The van der Waals surface area contributed by atoms with Crippen molar-refractivity contribution in [1.82, 2.24) is 24.6 Å². The summed E-state index contributed by atoms with van der Waals surface area (Å²) in [6.07, 6.45) is -5.17. The molecule has 4 rings (SSSR count). The lowest BCUT2D eigenvalue weighted by Crippen LogP contribution is -2.44. The molecule has 0 spiro atoms. The van der Waals surface area contributed by atoms with Crippen LogP contribution in [0.4, 0.5) is 10.3 Å². The van der Waals surface area contributed by atoms with Crippen LogP contribution < -0.4 is 20.9 Å². The van der Waals surface area contributed by atoms with E-state index in [9.17, 15) is 24.4 Å². The molecule has 6 N–H and O–H groups in total. The first kappa shape index (κ1) is 28.6. The molecule has 212 valence electrons. The number of imidazole rings is 1. The number of nitrogens with one attached hydrogen (secondary N) is 2. The van der Waals surface area contributed by atoms with Crippen molar-refractivity contribution in [3.8, 4) is 5.75 Å². The van der Waals surface area contributed by atoms with E-state index in [1.807, 2.05) is 0 Å². The third kappa shape index (κ3) is 6.11. The number of carbonyl (C=O) groups is 1. The number of H-pyrrole nitrogens is 1. The summed E-state index contributed by atoms with van der Waals surface area (Å²) < 4.78 is 51.7. The quantitative estimate of drug-likeness (QED) is 0.168. The molecule has 39 heavy (non-hydrogen) atoms. The Bertz CT molecular complexity index is 1440. The summed E-state index contributed by atoms with van der Waals surface area (Å²) >= 11 is 0. The first-order valence-corrected chi connectivity index (χ1v) is 13.3. The minimum absolute atomic E-state index is 0.0650. The number of aliphatic hydroxyl groups excluding tert-OH is 2. The maximum atomic E-state index is 15.9. The van der Waals surface area contributed by atoms with Crippen LogP contribution in [0.3, 0.4) is 0 Å². The number of nitrogens with zero attached hydrogens (tertiary/aromatic N) is 3. The Morgan fingerprint density at radius 3 is 2.69 bits per heavy atom. The lowest BCUT2D eigenvalue weighted by molar-refractivity contribution is -0.202. The minimum Gasteiger partial charge on any atom is -0.462 e. The fourth-order valence-electron chi connectivity index (χ4n) is 3.73. The van der Waals surface area contributed by atoms with E-state index in [1.165, 1.54) is 19.1 Å². The Balaban J connectivity index is 1.57. The zero-order valence-electron chi connectivity index (χ0n) is 21.1. The number of fused-ring (bicyclic) bond motifs is 1. The van der Waals surface area contributed by atoms with Crippen molar-refractivity contribution in [2.45, 2.75) is 57.2 Å². The number of para-hydroxylation sites is 1. The monoisotopic (exact) mass is 570 g/mol. The fraction of sp³-hybridized carbons (Fsp3) is 0.455. The number of alkyl halides is 1. The normalized spacial score (nSPS) is 25.5. The third-order valence-electron chi connectivity index (χ3n) is 5.56. The predicted octanol–water partition coefficient (Wildman–Crippen LogP) is 0.752. The van der Waals surface area contributed by atoms with Gasteiger partial charge in [0.2, 0.25) is 5.95 Å². The highest BCUT2D eigenvalue weighted by Gasteiger charge is 2.57. The molecule has 15 nitrogen and oxygen atoms in total. The Hall–Kier alpha value is -3.40. The molecule has 1 aliphatic heterocycles. The molecule has 1 fully saturated rings. The molecule has 3 aromatic rings. The Labute approximate surface area is 220 Å². The van der Waals surface area contributed by atoms with E-state index in [1.54, 1.807) is 32.0 Å². The highest BCUT2D eigenvalue weighted by molar-refractivity contribution is 7.52. The van der Waals surface area contributed by atoms with Gasteiger partial charge < -0.3 is 29.9 Å². The van der Waals surface area contributed by atoms with Crippen molar-refractivity contribution in [2.75, 3.05) is 12.3 Å². The molecule has 1 saturated heterocycles. The third-order valence-corrected chi connectivity index (χ3v) is 7.18. The zero-order valence-corrected chi connectivity index (χ0v) is 21.9. The SMILES string of the molecule is CC(C)OC(=O)C(C)NP(=O)(OC[C@@]1(F)OC(n2cnc3c(=O)[nH]c(N)nc32)[C@H](O)[C@@H]1O)Oc1ccccc1. The van der Waals surface area contributed by atoms with Gasteiger partial charge in [-0.15, -0.1) is 0 Å². The summed E-state index contributed by atoms with van der Waals surface area (Å²) in [7, 11) is -4.53. The van der Waals surface area contributed by atoms with Gasteiger partial charge in [0, 0.05) is 0 Å². The van der Waals surface area contributed by atoms with E-state index >= 15 is 4.39 Å². The van der Waals surface area contributed by atoms with E-state index in [4.69, 9.17) is 24.3 Å². The van der Waals surface area contributed by atoms with Crippen molar-refractivity contribution >= 4 is 30.8 Å². The van der Waals surface area contributed by atoms with E-state index in [0.29, 0.717) is 0 Å². The van der Waals surface area contributed by atoms with E-state index in [0.717, 1.165) is 10.9 Å². The molecule has 0 saturated carbocycles. The average Bonchev–Trinajstić information content (AvgIpc) is 3.38. The van der Waals surface area contributed by atoms with Crippen LogP contribution in [0.25, 0.3) is 11.2 Å². The van der Waals surface area contributed by atoms with Crippen molar-refractivity contribution in [3.63, 3.8) is 0 Å². The number of hydrogen-bond donors (Lipinski definition) is 5. The van der Waals surface area contributed by atoms with Gasteiger partial charge in [0.05, 0.1) is 12.4 Å². The molecule has 2 aromatic heterocycles. The van der Waals surface area contributed by atoms with Crippen molar-refractivity contribution in [1.29, 1.82) is 0 Å². The first-order valence-electron chi connectivity index (χ1n) is 11.7. The van der Waals surface area contributed by atoms with Crippen LogP contribution in [-0.2, 0) is 23.4 Å². The highest BCUT2D eigenvalue weighted by Crippen LogP contribution is 2.48. The van der Waals surface area contributed by atoms with Gasteiger partial charge in [-0.2, -0.15) is 10.1 Å². The standard InChI is InChI=1S/C22H28FN6O9P/c1-11(2)36-20(33)12(3)28-39(34,38-13-7-5-4-6-8-13)35-9-22(23)16(31)15(30)19(37-22)29-10-25-14-17(29)26-21(24)27-18(14)32/h4-8,10-12,15-16,19,30-31H,9H2,1-3H3,(H,28,34)(H3,24,26,27,32)/t12?,15-,16+,19?,22-,39?/m1/s1. The number of ether oxygens (including phenoxy) is 2. The number of aromatic nitrogens is 4. The van der Waals surface area contributed by atoms with E-state index < -0.39 is 62.3 Å². The summed E-state index contributed by atoms with van der Waals surface area (Å²) in [5.41, 5.74) is 4.57. The topological polar surface area (TPSA) is 213 Å². The maximum Gasteiger partial charge on any atom is 0.459 e. The number of nitrogens with two attached hydrogens (primary N) is 1. The second-order valence-corrected chi connectivity index (χ2v) is 10.7. The second-order valence-electron chi connectivity index (χ2n) is 9.02. The molecular weight excluding hydrogens is 542 g/mol. The lowest BCUT2D eigenvalue weighted by atomic mass is 10.1. The van der Waals surface area contributed by atoms with Gasteiger partial charge in [0.25, 0.3) is 11.4 Å². The summed E-state index contributed by atoms with van der Waals surface area (Å²) in [5.74, 6) is -4.11. The Kier molecular flexibility index (Phi) is 8.07. The van der Waals surface area contributed by atoms with Crippen LogP contribution >= 0.6 is 7.75 Å².